The van der Waals surface area contributed by atoms with Gasteiger partial charge in [-0.15, -0.1) is 0 Å². The van der Waals surface area contributed by atoms with Gasteiger partial charge in [-0.2, -0.15) is 0 Å². The van der Waals surface area contributed by atoms with Crippen LogP contribution >= 0.6 is 0 Å². The van der Waals surface area contributed by atoms with Crippen LogP contribution in [0.2, 0.25) is 0 Å². The van der Waals surface area contributed by atoms with E-state index in [1.54, 1.807) is 65.6 Å². The number of aliphatic hydroxyl groups is 1. The zero-order valence-electron chi connectivity index (χ0n) is 24.8. The highest BCUT2D eigenvalue weighted by Gasteiger charge is 2.52. The topological polar surface area (TPSA) is 152 Å². The molecular weight excluding hydrogens is 586 g/mol. The van der Waals surface area contributed by atoms with Gasteiger partial charge in [0, 0.05) is 43.2 Å². The molecule has 0 unspecified atom stereocenters. The second kappa shape index (κ2) is 12.9. The quantitative estimate of drug-likeness (QED) is 0.148. The van der Waals surface area contributed by atoms with Crippen LogP contribution in [0.15, 0.2) is 108 Å². The molecule has 0 aliphatic carbocycles. The minimum atomic E-state index is -1.08. The third-order valence-corrected chi connectivity index (χ3v) is 8.41. The SMILES string of the molecule is O=C(c1ccc(OCc2ccc(CNC[C@H](O)c3ccc(O)c4[nH]c(=O)ccc34)cc2)cc1)N1CC(C(=O)O)(c2ccccc2)C1. The number of aromatic nitrogens is 1. The number of aromatic hydroxyl groups is 1. The fourth-order valence-electron chi connectivity index (χ4n) is 5.76. The number of hydrogen-bond donors (Lipinski definition) is 5. The van der Waals surface area contributed by atoms with E-state index in [9.17, 15) is 29.7 Å². The number of H-pyrrole nitrogens is 1. The monoisotopic (exact) mass is 619 g/mol. The van der Waals surface area contributed by atoms with Crippen molar-refractivity contribution in [1.82, 2.24) is 15.2 Å². The van der Waals surface area contributed by atoms with Gasteiger partial charge < -0.3 is 35.3 Å². The molecule has 0 spiro atoms. The lowest BCUT2D eigenvalue weighted by Crippen LogP contribution is -2.65. The summed E-state index contributed by atoms with van der Waals surface area (Å²) in [5.74, 6) is -0.599. The van der Waals surface area contributed by atoms with Crippen molar-refractivity contribution < 1.29 is 29.6 Å². The minimum Gasteiger partial charge on any atom is -0.506 e. The number of pyridine rings is 1. The van der Waals surface area contributed by atoms with Crippen LogP contribution in [0.25, 0.3) is 10.9 Å². The van der Waals surface area contributed by atoms with Crippen LogP contribution in [0.4, 0.5) is 0 Å². The van der Waals surface area contributed by atoms with E-state index in [1.807, 2.05) is 30.3 Å². The average Bonchev–Trinajstić information content (AvgIpc) is 3.05. The summed E-state index contributed by atoms with van der Waals surface area (Å²) < 4.78 is 5.91. The smallest absolute Gasteiger partial charge is 0.317 e. The van der Waals surface area contributed by atoms with Gasteiger partial charge in [0.05, 0.1) is 11.6 Å². The molecule has 0 bridgehead atoms. The van der Waals surface area contributed by atoms with Crippen LogP contribution in [0.5, 0.6) is 11.5 Å². The van der Waals surface area contributed by atoms with E-state index >= 15 is 0 Å². The number of rotatable bonds is 11. The Balaban J connectivity index is 0.974. The number of carboxylic acid groups (broad SMARTS) is 1. The molecular formula is C36H33N3O7. The molecule has 1 fully saturated rings. The maximum Gasteiger partial charge on any atom is 0.317 e. The predicted molar refractivity (Wildman–Crippen MR) is 172 cm³/mol. The number of nitrogens with zero attached hydrogens (tertiary/aromatic N) is 1. The van der Waals surface area contributed by atoms with Crippen LogP contribution in [-0.4, -0.2) is 56.7 Å². The van der Waals surface area contributed by atoms with E-state index in [2.05, 4.69) is 10.3 Å². The van der Waals surface area contributed by atoms with Gasteiger partial charge in [-0.1, -0.05) is 60.7 Å². The van der Waals surface area contributed by atoms with Crippen molar-refractivity contribution in [2.45, 2.75) is 24.7 Å². The van der Waals surface area contributed by atoms with Gasteiger partial charge in [0.25, 0.3) is 5.91 Å². The number of aromatic amines is 1. The molecule has 1 atom stereocenters. The van der Waals surface area contributed by atoms with Crippen LogP contribution in [0.1, 0.15) is 38.7 Å². The molecule has 1 saturated heterocycles. The molecule has 1 aliphatic rings. The van der Waals surface area contributed by atoms with E-state index in [0.29, 0.717) is 46.5 Å². The molecule has 10 nitrogen and oxygen atoms in total. The molecule has 6 rings (SSSR count). The molecule has 4 aromatic carbocycles. The Kier molecular flexibility index (Phi) is 8.56. The number of carboxylic acids is 1. The number of likely N-dealkylation sites (tertiary alicyclic amines) is 1. The van der Waals surface area contributed by atoms with E-state index in [0.717, 1.165) is 11.1 Å². The largest absolute Gasteiger partial charge is 0.506 e. The number of nitrogens with one attached hydrogen (secondary N) is 2. The third kappa shape index (κ3) is 6.21. The fourth-order valence-corrected chi connectivity index (χ4v) is 5.76. The van der Waals surface area contributed by atoms with Crippen LogP contribution < -0.4 is 15.6 Å². The molecule has 1 amide bonds. The Morgan fingerprint density at radius 1 is 0.891 bits per heavy atom. The zero-order chi connectivity index (χ0) is 32.3. The lowest BCUT2D eigenvalue weighted by atomic mass is 9.73. The van der Waals surface area contributed by atoms with E-state index < -0.39 is 17.5 Å². The first-order valence-electron chi connectivity index (χ1n) is 14.9. The third-order valence-electron chi connectivity index (χ3n) is 8.41. The average molecular weight is 620 g/mol. The van der Waals surface area contributed by atoms with Gasteiger partial charge in [-0.3, -0.25) is 14.4 Å². The Bertz CT molecular complexity index is 1920. The van der Waals surface area contributed by atoms with Crippen molar-refractivity contribution in [3.05, 3.63) is 141 Å². The molecule has 1 aliphatic heterocycles. The summed E-state index contributed by atoms with van der Waals surface area (Å²) in [5.41, 5.74) is 2.62. The highest BCUT2D eigenvalue weighted by Crippen LogP contribution is 2.36. The Labute approximate surface area is 264 Å². The van der Waals surface area contributed by atoms with Crippen LogP contribution in [0.3, 0.4) is 0 Å². The van der Waals surface area contributed by atoms with Crippen LogP contribution in [-0.2, 0) is 23.4 Å². The number of phenols is 1. The zero-order valence-corrected chi connectivity index (χ0v) is 24.8. The second-order valence-corrected chi connectivity index (χ2v) is 11.5. The van der Waals surface area contributed by atoms with Gasteiger partial charge in [0.1, 0.15) is 23.5 Å². The van der Waals surface area contributed by atoms with Crippen molar-refractivity contribution in [2.24, 2.45) is 0 Å². The normalized spacial score (nSPS) is 14.4. The van der Waals surface area contributed by atoms with Gasteiger partial charge in [-0.25, -0.2) is 0 Å². The number of phenolic OH excluding ortho intramolecular Hbond substituents is 1. The number of aliphatic carboxylic acids is 1. The van der Waals surface area contributed by atoms with Gasteiger partial charge in [-0.05, 0) is 58.7 Å². The maximum atomic E-state index is 13.0. The summed E-state index contributed by atoms with van der Waals surface area (Å²) in [6.45, 7) is 1.37. The molecule has 46 heavy (non-hydrogen) atoms. The van der Waals surface area contributed by atoms with E-state index in [4.69, 9.17) is 4.74 Å². The number of carbonyl (C=O) groups is 2. The standard InChI is InChI=1S/C36H33N3O7/c40-30-16-14-28(29-15-17-32(42)38-33(29)30)31(41)19-37-18-23-6-8-24(9-7-23)20-46-27-12-10-25(11-13-27)34(43)39-21-36(22-39,35(44)45)26-4-2-1-3-5-26/h1-17,31,37,40-41H,18-22H2,(H,38,42)(H,44,45)/t31-/m0/s1. The van der Waals surface area contributed by atoms with Crippen molar-refractivity contribution in [2.75, 3.05) is 19.6 Å². The molecule has 0 radical (unpaired) electrons. The summed E-state index contributed by atoms with van der Waals surface area (Å²) >= 11 is 0. The number of fused-ring (bicyclic) bond motifs is 1. The Morgan fingerprint density at radius 2 is 1.59 bits per heavy atom. The van der Waals surface area contributed by atoms with Crippen molar-refractivity contribution in [1.29, 1.82) is 0 Å². The lowest BCUT2D eigenvalue weighted by Gasteiger charge is -2.47. The summed E-state index contributed by atoms with van der Waals surface area (Å²) in [4.78, 5) is 40.9. The van der Waals surface area contributed by atoms with Crippen molar-refractivity contribution in [3.63, 3.8) is 0 Å². The first kappa shape index (κ1) is 30.6. The highest BCUT2D eigenvalue weighted by molar-refractivity contribution is 5.97. The summed E-state index contributed by atoms with van der Waals surface area (Å²) in [6, 6.07) is 29.8. The second-order valence-electron chi connectivity index (χ2n) is 11.5. The number of hydrogen-bond acceptors (Lipinski definition) is 7. The summed E-state index contributed by atoms with van der Waals surface area (Å²) in [5, 5.41) is 34.5. The van der Waals surface area contributed by atoms with Gasteiger partial charge in [0.2, 0.25) is 5.56 Å². The number of amides is 1. The Morgan fingerprint density at radius 3 is 2.28 bits per heavy atom. The van der Waals surface area contributed by atoms with E-state index in [1.165, 1.54) is 12.1 Å². The molecule has 2 heterocycles. The minimum absolute atomic E-state index is 0.0514. The predicted octanol–water partition coefficient (Wildman–Crippen LogP) is 4.11. The molecule has 0 saturated carbocycles. The first-order chi connectivity index (χ1) is 22.2. The molecule has 1 aromatic heterocycles. The number of aliphatic hydroxyl groups excluding tert-OH is 1. The van der Waals surface area contributed by atoms with Crippen LogP contribution in [0, 0.1) is 0 Å². The molecule has 234 valence electrons. The molecule has 10 heteroatoms. The van der Waals surface area contributed by atoms with Crippen molar-refractivity contribution in [3.8, 4) is 11.5 Å². The highest BCUT2D eigenvalue weighted by atomic mass is 16.5. The number of benzene rings is 4. The summed E-state index contributed by atoms with van der Waals surface area (Å²) in [6.07, 6.45) is -0.846. The van der Waals surface area contributed by atoms with E-state index in [-0.39, 0.29) is 36.9 Å². The molecule has 5 N–H and O–H groups in total. The maximum absolute atomic E-state index is 13.0. The van der Waals surface area contributed by atoms with Gasteiger partial charge in [0.15, 0.2) is 0 Å². The molecule has 5 aromatic rings. The lowest BCUT2D eigenvalue weighted by molar-refractivity contribution is -0.149. The fraction of sp³-hybridized carbons (Fsp3) is 0.194. The number of carbonyl (C=O) groups excluding carboxylic acids is 1. The number of ether oxygens (including phenoxy) is 1. The van der Waals surface area contributed by atoms with Crippen molar-refractivity contribution >= 4 is 22.8 Å². The van der Waals surface area contributed by atoms with Gasteiger partial charge >= 0.3 is 5.97 Å². The first-order valence-corrected chi connectivity index (χ1v) is 14.9. The Hall–Kier alpha value is -5.45. The summed E-state index contributed by atoms with van der Waals surface area (Å²) in [7, 11) is 0.